The van der Waals surface area contributed by atoms with Crippen LogP contribution in [0.15, 0.2) is 17.1 Å². The molecule has 3 amide bonds. The first-order valence-electron chi connectivity index (χ1n) is 17.8. The molecular weight excluding hydrogens is 781 g/mol. The molecule has 1 aliphatic heterocycles. The Morgan fingerprint density at radius 2 is 1.36 bits per heavy atom. The first-order valence-corrected chi connectivity index (χ1v) is 19.4. The van der Waals surface area contributed by atoms with Crippen LogP contribution in [-0.2, 0) is 43.0 Å². The topological polar surface area (TPSA) is 265 Å². The van der Waals surface area contributed by atoms with Gasteiger partial charge in [-0.1, -0.05) is 6.92 Å². The highest BCUT2D eigenvalue weighted by molar-refractivity contribution is 7.80. The number of nitrogens with zero attached hydrogens (tertiary/aromatic N) is 4. The molecule has 1 unspecified atom stereocenters. The number of isothiocyanates is 1. The molecule has 0 saturated heterocycles. The Morgan fingerprint density at radius 3 is 1.87 bits per heavy atom. The lowest BCUT2D eigenvalue weighted by molar-refractivity contribution is -0.145. The lowest BCUT2D eigenvalue weighted by Gasteiger charge is -2.29. The molecule has 18 nitrogen and oxygen atoms in total. The molecule has 1 heterocycles. The van der Waals surface area contributed by atoms with Crippen molar-refractivity contribution < 1.29 is 58.3 Å². The van der Waals surface area contributed by atoms with Crippen LogP contribution in [0.3, 0.4) is 0 Å². The highest BCUT2D eigenvalue weighted by Gasteiger charge is 2.27. The van der Waals surface area contributed by atoms with Gasteiger partial charge in [0, 0.05) is 83.0 Å². The van der Waals surface area contributed by atoms with Crippen LogP contribution in [0, 0.1) is 5.41 Å². The monoisotopic (exact) mass is 840 g/mol. The summed E-state index contributed by atoms with van der Waals surface area (Å²) in [7, 11) is 0. The number of carboxylic acid groups (broad SMARTS) is 3. The van der Waals surface area contributed by atoms with E-state index in [4.69, 9.17) is 41.0 Å². The molecular formula is C34H60N6O12S3. The van der Waals surface area contributed by atoms with Crippen LogP contribution >= 0.6 is 37.5 Å². The first-order chi connectivity index (χ1) is 26.2. The Bertz CT molecular complexity index is 1190. The standard InChI is InChI=1S/C18H26N2O7S.C8H16N2O3S.C8H18N2O2S/c1-18(13-27-10-17(23)24,11-25-8-2-6-19-14-28)12-26-9-3-7-20-15(21)4-5-16(20)22;9-3-5-10(4-1-8(12)13)7(11)2-6-14;9-3-6-10(4-1-7-13)5-2-8(11)12/h4-5H,2-3,6-13H2,1H3,(H,23,24);14H,1-6,9H2,(H,12,13);13H,1-7,9H2,(H,11,12). The molecule has 0 spiro atoms. The summed E-state index contributed by atoms with van der Waals surface area (Å²) in [6.45, 7) is 7.65. The van der Waals surface area contributed by atoms with Crippen molar-refractivity contribution in [2.45, 2.75) is 45.4 Å². The van der Waals surface area contributed by atoms with E-state index >= 15 is 0 Å². The fourth-order valence-electron chi connectivity index (χ4n) is 4.48. The number of carbonyl (C=O) groups excluding carboxylic acids is 3. The van der Waals surface area contributed by atoms with Crippen molar-refractivity contribution in [1.29, 1.82) is 0 Å². The maximum atomic E-state index is 11.5. The van der Waals surface area contributed by atoms with Gasteiger partial charge in [-0.25, -0.2) is 9.79 Å². The molecule has 1 aliphatic rings. The zero-order valence-corrected chi connectivity index (χ0v) is 34.3. The molecule has 55 heavy (non-hydrogen) atoms. The number of aliphatic carboxylic acids is 3. The quantitative estimate of drug-likeness (QED) is 0.0165. The molecule has 316 valence electrons. The fourth-order valence-corrected chi connectivity index (χ4v) is 4.91. The van der Waals surface area contributed by atoms with E-state index in [0.717, 1.165) is 30.2 Å². The number of nitrogens with two attached hydrogens (primary N) is 2. The van der Waals surface area contributed by atoms with E-state index in [2.05, 4.69) is 52.5 Å². The third-order valence-corrected chi connectivity index (χ3v) is 7.83. The second kappa shape index (κ2) is 35.4. The second-order valence-corrected chi connectivity index (χ2v) is 13.4. The van der Waals surface area contributed by atoms with Gasteiger partial charge < -0.3 is 50.8 Å². The maximum absolute atomic E-state index is 11.5. The Kier molecular flexibility index (Phi) is 34.9. The minimum atomic E-state index is -1.05. The van der Waals surface area contributed by atoms with Crippen molar-refractivity contribution in [1.82, 2.24) is 14.7 Å². The van der Waals surface area contributed by atoms with E-state index in [1.165, 1.54) is 17.1 Å². The molecule has 0 fully saturated rings. The van der Waals surface area contributed by atoms with Gasteiger partial charge in [-0.15, -0.1) is 0 Å². The molecule has 1 atom stereocenters. The van der Waals surface area contributed by atoms with Gasteiger partial charge in [0.15, 0.2) is 0 Å². The molecule has 0 aliphatic carbocycles. The van der Waals surface area contributed by atoms with Crippen LogP contribution < -0.4 is 11.5 Å². The number of hydrogen-bond acceptors (Lipinski definition) is 16. The third-order valence-electron chi connectivity index (χ3n) is 7.16. The maximum Gasteiger partial charge on any atom is 0.329 e. The highest BCUT2D eigenvalue weighted by atomic mass is 32.1. The highest BCUT2D eigenvalue weighted by Crippen LogP contribution is 2.19. The van der Waals surface area contributed by atoms with Crippen LogP contribution in [0.5, 0.6) is 0 Å². The third kappa shape index (κ3) is 31.9. The number of imide groups is 1. The normalized spacial score (nSPS) is 12.9. The van der Waals surface area contributed by atoms with Gasteiger partial charge in [0.1, 0.15) is 6.61 Å². The van der Waals surface area contributed by atoms with Crippen molar-refractivity contribution in [2.75, 3.05) is 110 Å². The predicted molar refractivity (Wildman–Crippen MR) is 216 cm³/mol. The van der Waals surface area contributed by atoms with E-state index in [9.17, 15) is 28.8 Å². The van der Waals surface area contributed by atoms with Gasteiger partial charge in [0.05, 0.1) is 44.4 Å². The minimum absolute atomic E-state index is 0.0433. The molecule has 0 saturated carbocycles. The van der Waals surface area contributed by atoms with Gasteiger partial charge in [-0.3, -0.25) is 28.9 Å². The van der Waals surface area contributed by atoms with Crippen molar-refractivity contribution in [2.24, 2.45) is 21.9 Å². The second-order valence-electron chi connectivity index (χ2n) is 12.3. The Morgan fingerprint density at radius 1 is 0.800 bits per heavy atom. The average molecular weight is 841 g/mol. The summed E-state index contributed by atoms with van der Waals surface area (Å²) >= 11 is 12.5. The largest absolute Gasteiger partial charge is 0.481 e. The molecule has 0 bridgehead atoms. The predicted octanol–water partition coefficient (Wildman–Crippen LogP) is 0.545. The van der Waals surface area contributed by atoms with Gasteiger partial charge in [0.2, 0.25) is 5.91 Å². The number of carbonyl (C=O) groups is 6. The molecule has 0 aromatic carbocycles. The zero-order chi connectivity index (χ0) is 41.9. The Labute approximate surface area is 339 Å². The Balaban J connectivity index is 0. The molecule has 7 N–H and O–H groups in total. The summed E-state index contributed by atoms with van der Waals surface area (Å²) in [6.07, 6.45) is 5.13. The summed E-state index contributed by atoms with van der Waals surface area (Å²) in [5.74, 6) is -2.14. The van der Waals surface area contributed by atoms with E-state index in [1.807, 2.05) is 6.92 Å². The van der Waals surface area contributed by atoms with Gasteiger partial charge in [-0.2, -0.15) is 25.3 Å². The van der Waals surface area contributed by atoms with Crippen molar-refractivity contribution in [3.05, 3.63) is 12.2 Å². The molecule has 0 aromatic heterocycles. The van der Waals surface area contributed by atoms with Gasteiger partial charge >= 0.3 is 17.9 Å². The molecule has 0 radical (unpaired) electrons. The summed E-state index contributed by atoms with van der Waals surface area (Å²) in [5, 5.41) is 27.9. The number of rotatable bonds is 31. The van der Waals surface area contributed by atoms with Gasteiger partial charge in [-0.05, 0) is 49.5 Å². The minimum Gasteiger partial charge on any atom is -0.481 e. The van der Waals surface area contributed by atoms with Crippen molar-refractivity contribution >= 4 is 78.3 Å². The van der Waals surface area contributed by atoms with Crippen LogP contribution in [-0.4, -0.2) is 181 Å². The molecule has 1 rings (SSSR count). The summed E-state index contributed by atoms with van der Waals surface area (Å²) in [5.41, 5.74) is 10.2. The average Bonchev–Trinajstić information content (AvgIpc) is 3.45. The van der Waals surface area contributed by atoms with Crippen LogP contribution in [0.1, 0.15) is 45.4 Å². The van der Waals surface area contributed by atoms with Crippen LogP contribution in [0.2, 0.25) is 0 Å². The van der Waals surface area contributed by atoms with E-state index in [0.29, 0.717) is 77.6 Å². The number of amides is 3. The van der Waals surface area contributed by atoms with Crippen molar-refractivity contribution in [3.8, 4) is 0 Å². The van der Waals surface area contributed by atoms with E-state index < -0.39 is 29.9 Å². The SMILES string of the molecule is CC(COCCCN=C=S)(COCCCN1C(=O)C=CC1=O)COCC(=O)O.NCCN(CCC(=O)O)C(=O)CCS.NCCN(CCCS)CCC(=O)O. The van der Waals surface area contributed by atoms with E-state index in [-0.39, 0.29) is 56.9 Å². The molecule has 21 heteroatoms. The fraction of sp³-hybridized carbons (Fsp3) is 0.735. The Hall–Kier alpha value is -2.98. The number of ether oxygens (including phenoxy) is 3. The number of carboxylic acids is 3. The lowest BCUT2D eigenvalue weighted by atomic mass is 9.94. The first kappa shape index (κ1) is 54.1. The van der Waals surface area contributed by atoms with Crippen LogP contribution in [0.25, 0.3) is 0 Å². The summed E-state index contributed by atoms with van der Waals surface area (Å²) in [4.78, 5) is 74.1. The zero-order valence-electron chi connectivity index (χ0n) is 31.7. The number of aliphatic imine (C=N–C) groups is 1. The summed E-state index contributed by atoms with van der Waals surface area (Å²) < 4.78 is 16.5. The smallest absolute Gasteiger partial charge is 0.329 e. The van der Waals surface area contributed by atoms with Crippen molar-refractivity contribution in [3.63, 3.8) is 0 Å². The summed E-state index contributed by atoms with van der Waals surface area (Å²) in [6, 6.07) is 0. The number of hydrogen-bond donors (Lipinski definition) is 7. The molecule has 0 aromatic rings. The number of thiocarbonyl (C=S) groups is 1. The lowest BCUT2D eigenvalue weighted by Crippen LogP contribution is -2.37. The van der Waals surface area contributed by atoms with Gasteiger partial charge in [0.25, 0.3) is 11.8 Å². The number of thiol groups is 2. The van der Waals surface area contributed by atoms with Crippen LogP contribution in [0.4, 0.5) is 0 Å². The van der Waals surface area contributed by atoms with E-state index in [1.54, 1.807) is 0 Å².